The van der Waals surface area contributed by atoms with E-state index in [2.05, 4.69) is 52.4 Å². The van der Waals surface area contributed by atoms with E-state index in [1.165, 1.54) is 11.1 Å². The number of nitrogens with one attached hydrogen (secondary N) is 1. The standard InChI is InChI=1S/C27H39N7O2.C4H10O/c1-17-22(14-24(35)36)26(34-11-8-27(3,4)9-12-34)25(18(2)30-17)20-5-6-21-15-33(10-7-19(21)13-20)16-23(31-28)32-29;1-4(2,3)5/h5-6,13H,7-12,14-16,28-29H2,1-4H3,(H,31,32)(H,35,36);5H,1-3H3. The van der Waals surface area contributed by atoms with Gasteiger partial charge in [0.05, 0.1) is 24.3 Å². The Balaban J connectivity index is 0.000000850. The smallest absolute Gasteiger partial charge is 0.307 e. The molecule has 41 heavy (non-hydrogen) atoms. The van der Waals surface area contributed by atoms with Gasteiger partial charge >= 0.3 is 5.97 Å². The van der Waals surface area contributed by atoms with Gasteiger partial charge in [0, 0.05) is 48.7 Å². The zero-order chi connectivity index (χ0) is 30.5. The molecule has 1 aromatic carbocycles. The molecule has 0 bridgehead atoms. The van der Waals surface area contributed by atoms with E-state index >= 15 is 0 Å². The Labute approximate surface area is 244 Å². The third kappa shape index (κ3) is 8.89. The van der Waals surface area contributed by atoms with Gasteiger partial charge in [-0.15, -0.1) is 0 Å². The van der Waals surface area contributed by atoms with Gasteiger partial charge in [-0.3, -0.25) is 14.7 Å². The van der Waals surface area contributed by atoms with Crippen LogP contribution in [0.5, 0.6) is 0 Å². The zero-order valence-electron chi connectivity index (χ0n) is 25.8. The zero-order valence-corrected chi connectivity index (χ0v) is 25.8. The highest BCUT2D eigenvalue weighted by molar-refractivity contribution is 5.87. The maximum atomic E-state index is 11.9. The number of hydrogen-bond acceptors (Lipinski definition) is 8. The number of hydrazine groups is 1. The second-order valence-corrected chi connectivity index (χ2v) is 13.0. The van der Waals surface area contributed by atoms with Crippen LogP contribution in [0.4, 0.5) is 5.69 Å². The van der Waals surface area contributed by atoms with Crippen LogP contribution in [0.15, 0.2) is 23.3 Å². The molecule has 2 aliphatic heterocycles. The number of aryl methyl sites for hydroxylation is 2. The van der Waals surface area contributed by atoms with E-state index in [0.29, 0.717) is 17.8 Å². The lowest BCUT2D eigenvalue weighted by molar-refractivity contribution is -0.136. The summed E-state index contributed by atoms with van der Waals surface area (Å²) >= 11 is 0. The average molecular weight is 568 g/mol. The molecule has 1 aromatic heterocycles. The fourth-order valence-corrected chi connectivity index (χ4v) is 5.50. The van der Waals surface area contributed by atoms with Gasteiger partial charge in [0.15, 0.2) is 0 Å². The summed E-state index contributed by atoms with van der Waals surface area (Å²) in [5.41, 5.74) is 10.7. The molecule has 0 spiro atoms. The predicted molar refractivity (Wildman–Crippen MR) is 166 cm³/mol. The van der Waals surface area contributed by atoms with Crippen LogP contribution in [0.2, 0.25) is 0 Å². The molecular weight excluding hydrogens is 518 g/mol. The minimum Gasteiger partial charge on any atom is -0.481 e. The van der Waals surface area contributed by atoms with Gasteiger partial charge in [-0.25, -0.2) is 5.84 Å². The lowest BCUT2D eigenvalue weighted by atomic mass is 9.82. The van der Waals surface area contributed by atoms with E-state index in [4.69, 9.17) is 21.8 Å². The van der Waals surface area contributed by atoms with Gasteiger partial charge < -0.3 is 26.4 Å². The van der Waals surface area contributed by atoms with E-state index in [-0.39, 0.29) is 6.42 Å². The van der Waals surface area contributed by atoms with Gasteiger partial charge in [0.25, 0.3) is 0 Å². The number of pyridine rings is 1. The van der Waals surface area contributed by atoms with Crippen molar-refractivity contribution in [2.45, 2.75) is 86.3 Å². The number of carboxylic acids is 1. The summed E-state index contributed by atoms with van der Waals surface area (Å²) in [6.07, 6.45) is 3.02. The molecule has 2 aromatic rings. The summed E-state index contributed by atoms with van der Waals surface area (Å²) in [6.45, 7) is 17.9. The maximum absolute atomic E-state index is 11.9. The van der Waals surface area contributed by atoms with Crippen molar-refractivity contribution in [3.8, 4) is 11.1 Å². The number of aliphatic carboxylic acids is 1. The van der Waals surface area contributed by atoms with Crippen molar-refractivity contribution in [3.05, 3.63) is 46.3 Å². The molecule has 10 heteroatoms. The summed E-state index contributed by atoms with van der Waals surface area (Å²) < 4.78 is 0. The summed E-state index contributed by atoms with van der Waals surface area (Å²) in [5.74, 6) is 10.6. The minimum absolute atomic E-state index is 0.0263. The first-order valence-electron chi connectivity index (χ1n) is 14.4. The summed E-state index contributed by atoms with van der Waals surface area (Å²) in [5, 5.41) is 22.0. The molecule has 7 N–H and O–H groups in total. The average Bonchev–Trinajstić information content (AvgIpc) is 2.87. The number of nitrogens with zero attached hydrogens (tertiary/aromatic N) is 4. The predicted octanol–water partition coefficient (Wildman–Crippen LogP) is 3.49. The molecule has 4 rings (SSSR count). The minimum atomic E-state index is -0.828. The van der Waals surface area contributed by atoms with Crippen molar-refractivity contribution in [2.75, 3.05) is 31.1 Å². The molecule has 0 atom stereocenters. The Morgan fingerprint density at radius 1 is 1.12 bits per heavy atom. The van der Waals surface area contributed by atoms with Crippen molar-refractivity contribution in [2.24, 2.45) is 22.2 Å². The molecule has 1 saturated heterocycles. The van der Waals surface area contributed by atoms with Crippen LogP contribution in [-0.2, 0) is 24.2 Å². The highest BCUT2D eigenvalue weighted by Gasteiger charge is 2.30. The molecular formula is C31H49N7O3. The number of anilines is 1. The second kappa shape index (κ2) is 13.2. The number of benzene rings is 1. The lowest BCUT2D eigenvalue weighted by Crippen LogP contribution is -2.43. The molecule has 0 saturated carbocycles. The lowest BCUT2D eigenvalue weighted by Gasteiger charge is -2.40. The van der Waals surface area contributed by atoms with E-state index in [0.717, 1.165) is 79.2 Å². The Kier molecular flexibility index (Phi) is 10.4. The molecule has 1 fully saturated rings. The molecule has 0 aliphatic carbocycles. The number of fused-ring (bicyclic) bond motifs is 1. The molecule has 10 nitrogen and oxygen atoms in total. The van der Waals surface area contributed by atoms with Crippen LogP contribution in [0, 0.1) is 19.3 Å². The molecule has 0 radical (unpaired) electrons. The van der Waals surface area contributed by atoms with Crippen molar-refractivity contribution >= 4 is 17.5 Å². The monoisotopic (exact) mass is 567 g/mol. The number of nitrogens with two attached hydrogens (primary N) is 2. The van der Waals surface area contributed by atoms with Crippen LogP contribution < -0.4 is 22.0 Å². The van der Waals surface area contributed by atoms with Crippen LogP contribution in [0.3, 0.4) is 0 Å². The number of hydrazone groups is 1. The van der Waals surface area contributed by atoms with E-state index < -0.39 is 11.6 Å². The maximum Gasteiger partial charge on any atom is 0.307 e. The van der Waals surface area contributed by atoms with Gasteiger partial charge in [-0.2, -0.15) is 5.10 Å². The molecule has 226 valence electrons. The van der Waals surface area contributed by atoms with Crippen LogP contribution in [0.25, 0.3) is 11.1 Å². The first-order chi connectivity index (χ1) is 19.1. The van der Waals surface area contributed by atoms with Crippen molar-refractivity contribution in [1.29, 1.82) is 0 Å². The molecule has 2 aliphatic rings. The first-order valence-corrected chi connectivity index (χ1v) is 14.4. The summed E-state index contributed by atoms with van der Waals surface area (Å²) in [6, 6.07) is 6.61. The third-order valence-electron chi connectivity index (χ3n) is 7.70. The van der Waals surface area contributed by atoms with Crippen molar-refractivity contribution < 1.29 is 15.0 Å². The fourth-order valence-electron chi connectivity index (χ4n) is 5.50. The Morgan fingerprint density at radius 2 is 1.76 bits per heavy atom. The van der Waals surface area contributed by atoms with Crippen LogP contribution in [0.1, 0.15) is 75.5 Å². The Hall–Kier alpha value is -3.21. The number of aliphatic hydroxyl groups is 1. The fraction of sp³-hybridized carbons (Fsp3) is 0.581. The van der Waals surface area contributed by atoms with Crippen molar-refractivity contribution in [1.82, 2.24) is 15.3 Å². The number of carbonyl (C=O) groups is 1. The number of aromatic nitrogens is 1. The highest BCUT2D eigenvalue weighted by Crippen LogP contribution is 2.42. The molecule has 3 heterocycles. The van der Waals surface area contributed by atoms with Gasteiger partial charge in [0.1, 0.15) is 5.84 Å². The number of piperidine rings is 1. The van der Waals surface area contributed by atoms with Crippen molar-refractivity contribution in [3.63, 3.8) is 0 Å². The van der Waals surface area contributed by atoms with E-state index in [1.807, 2.05) is 13.8 Å². The number of rotatable bonds is 6. The third-order valence-corrected chi connectivity index (χ3v) is 7.70. The van der Waals surface area contributed by atoms with Gasteiger partial charge in [0.2, 0.25) is 0 Å². The highest BCUT2D eigenvalue weighted by atomic mass is 16.4. The Bertz CT molecular complexity index is 1250. The Morgan fingerprint density at radius 3 is 2.32 bits per heavy atom. The SMILES string of the molecule is CC(C)(C)O.Cc1nc(C)c(-c2ccc3c(c2)CCN(C/C(=N/N)NN)C3)c(N2CCC(C)(C)CC2)c1CC(=O)O. The first kappa shape index (κ1) is 32.3. The second-order valence-electron chi connectivity index (χ2n) is 13.0. The number of carboxylic acid groups (broad SMARTS) is 1. The summed E-state index contributed by atoms with van der Waals surface area (Å²) in [7, 11) is 0. The normalized spacial score (nSPS) is 17.4. The topological polar surface area (TPSA) is 153 Å². The van der Waals surface area contributed by atoms with Crippen LogP contribution >= 0.6 is 0 Å². The summed E-state index contributed by atoms with van der Waals surface area (Å²) in [4.78, 5) is 21.3. The van der Waals surface area contributed by atoms with E-state index in [1.54, 1.807) is 20.8 Å². The number of amidine groups is 1. The van der Waals surface area contributed by atoms with Gasteiger partial charge in [-0.05, 0) is 76.0 Å². The van der Waals surface area contributed by atoms with Crippen LogP contribution in [-0.4, -0.2) is 63.7 Å². The van der Waals surface area contributed by atoms with Gasteiger partial charge in [-0.1, -0.05) is 32.0 Å². The quantitative estimate of drug-likeness (QED) is 0.153. The number of hydrogen-bond donors (Lipinski definition) is 5. The molecule has 0 unspecified atom stereocenters. The molecule has 0 amide bonds. The van der Waals surface area contributed by atoms with E-state index in [9.17, 15) is 9.90 Å². The largest absolute Gasteiger partial charge is 0.481 e.